The molecule has 1 aromatic rings. The second-order valence-electron chi connectivity index (χ2n) is 4.55. The first-order valence-electron chi connectivity index (χ1n) is 5.62. The number of halogens is 1. The molecule has 102 valence electrons. The zero-order valence-electron chi connectivity index (χ0n) is 10.7. The van der Waals surface area contributed by atoms with Crippen molar-refractivity contribution in [1.29, 1.82) is 0 Å². The average Bonchev–Trinajstić information content (AvgIpc) is 2.29. The molecule has 0 saturated carbocycles. The lowest BCUT2D eigenvalue weighted by Gasteiger charge is -2.18. The summed E-state index contributed by atoms with van der Waals surface area (Å²) in [6.45, 7) is 4.55. The van der Waals surface area contributed by atoms with Crippen molar-refractivity contribution in [3.8, 4) is 0 Å². The molecular weight excluding hydrogens is 274 g/mol. The van der Waals surface area contributed by atoms with Crippen LogP contribution in [0.2, 0.25) is 5.02 Å². The van der Waals surface area contributed by atoms with E-state index in [9.17, 15) is 8.42 Å². The van der Waals surface area contributed by atoms with Crippen molar-refractivity contribution in [2.24, 2.45) is 5.92 Å². The predicted octanol–water partition coefficient (Wildman–Crippen LogP) is 1.98. The summed E-state index contributed by atoms with van der Waals surface area (Å²) in [6, 6.07) is 1.32. The van der Waals surface area contributed by atoms with Gasteiger partial charge in [0.05, 0.1) is 5.02 Å². The lowest BCUT2D eigenvalue weighted by molar-refractivity contribution is 0.428. The molecule has 0 fully saturated rings. The highest BCUT2D eigenvalue weighted by Gasteiger charge is 2.21. The van der Waals surface area contributed by atoms with Gasteiger partial charge in [0.15, 0.2) is 0 Å². The summed E-state index contributed by atoms with van der Waals surface area (Å²) in [5, 5.41) is 0.147. The normalized spacial score (nSPS) is 12.3. The van der Waals surface area contributed by atoms with Gasteiger partial charge in [-0.15, -0.1) is 0 Å². The van der Waals surface area contributed by atoms with Gasteiger partial charge in [-0.1, -0.05) is 25.4 Å². The van der Waals surface area contributed by atoms with E-state index < -0.39 is 10.0 Å². The fraction of sp³-hybridized carbons (Fsp3) is 0.545. The smallest absolute Gasteiger partial charge is 0.244 e. The minimum Gasteiger partial charge on any atom is -0.382 e. The summed E-state index contributed by atoms with van der Waals surface area (Å²) in [6.07, 6.45) is 2.02. The molecule has 0 aliphatic rings. The van der Waals surface area contributed by atoms with Gasteiger partial charge in [0, 0.05) is 19.8 Å². The molecule has 0 atom stereocenters. The summed E-state index contributed by atoms with van der Waals surface area (Å²) < 4.78 is 25.7. The van der Waals surface area contributed by atoms with Crippen LogP contribution in [0.4, 0.5) is 5.82 Å². The van der Waals surface area contributed by atoms with Crippen molar-refractivity contribution in [3.63, 3.8) is 0 Å². The van der Waals surface area contributed by atoms with E-state index in [1.54, 1.807) is 7.05 Å². The first kappa shape index (κ1) is 15.2. The molecule has 0 aliphatic carbocycles. The number of nitrogens with zero attached hydrogens (tertiary/aromatic N) is 2. The summed E-state index contributed by atoms with van der Waals surface area (Å²) in [5.74, 6) is 0.566. The maximum atomic E-state index is 12.2. The number of hydrogen-bond acceptors (Lipinski definition) is 4. The molecule has 0 radical (unpaired) electrons. The molecule has 18 heavy (non-hydrogen) atoms. The van der Waals surface area contributed by atoms with Crippen LogP contribution in [-0.4, -0.2) is 31.3 Å². The van der Waals surface area contributed by atoms with E-state index in [1.165, 1.54) is 16.6 Å². The number of pyridine rings is 1. The molecule has 7 heteroatoms. The summed E-state index contributed by atoms with van der Waals surface area (Å²) in [5.41, 5.74) is 5.46. The topological polar surface area (TPSA) is 76.3 Å². The predicted molar refractivity (Wildman–Crippen MR) is 72.9 cm³/mol. The van der Waals surface area contributed by atoms with E-state index in [0.29, 0.717) is 12.5 Å². The average molecular weight is 292 g/mol. The number of rotatable bonds is 5. The third-order valence-electron chi connectivity index (χ3n) is 2.57. The van der Waals surface area contributed by atoms with Crippen molar-refractivity contribution >= 4 is 27.4 Å². The Hall–Kier alpha value is -0.850. The van der Waals surface area contributed by atoms with Gasteiger partial charge in [-0.2, -0.15) is 0 Å². The lowest BCUT2D eigenvalue weighted by Crippen LogP contribution is -2.28. The monoisotopic (exact) mass is 291 g/mol. The fourth-order valence-electron chi connectivity index (χ4n) is 1.31. The minimum absolute atomic E-state index is 0.0629. The van der Waals surface area contributed by atoms with E-state index >= 15 is 0 Å². The van der Waals surface area contributed by atoms with E-state index in [2.05, 4.69) is 4.98 Å². The van der Waals surface area contributed by atoms with E-state index in [-0.39, 0.29) is 15.7 Å². The molecule has 0 aromatic carbocycles. The largest absolute Gasteiger partial charge is 0.382 e. The minimum atomic E-state index is -3.54. The SMILES string of the molecule is CC(C)CCN(C)S(=O)(=O)c1cnc(N)c(Cl)c1. The Morgan fingerprint density at radius 2 is 2.11 bits per heavy atom. The van der Waals surface area contributed by atoms with Crippen LogP contribution in [0, 0.1) is 5.92 Å². The highest BCUT2D eigenvalue weighted by atomic mass is 35.5. The van der Waals surface area contributed by atoms with Gasteiger partial charge in [0.25, 0.3) is 0 Å². The Morgan fingerprint density at radius 1 is 1.50 bits per heavy atom. The zero-order chi connectivity index (χ0) is 13.9. The molecule has 0 bridgehead atoms. The molecule has 0 unspecified atom stereocenters. The van der Waals surface area contributed by atoms with Crippen LogP contribution < -0.4 is 5.73 Å². The van der Waals surface area contributed by atoms with Crippen LogP contribution in [-0.2, 0) is 10.0 Å². The highest BCUT2D eigenvalue weighted by Crippen LogP contribution is 2.22. The first-order valence-corrected chi connectivity index (χ1v) is 7.44. The molecule has 2 N–H and O–H groups in total. The van der Waals surface area contributed by atoms with Crippen LogP contribution >= 0.6 is 11.6 Å². The van der Waals surface area contributed by atoms with Crippen molar-refractivity contribution in [2.75, 3.05) is 19.3 Å². The number of aromatic nitrogens is 1. The maximum Gasteiger partial charge on any atom is 0.244 e. The Morgan fingerprint density at radius 3 is 2.61 bits per heavy atom. The molecule has 0 aliphatic heterocycles. The Balaban J connectivity index is 2.95. The van der Waals surface area contributed by atoms with E-state index in [4.69, 9.17) is 17.3 Å². The van der Waals surface area contributed by atoms with E-state index in [0.717, 1.165) is 6.42 Å². The number of hydrogen-bond donors (Lipinski definition) is 1. The van der Waals surface area contributed by atoms with Crippen molar-refractivity contribution in [1.82, 2.24) is 9.29 Å². The molecule has 0 saturated heterocycles. The molecule has 1 aromatic heterocycles. The maximum absolute atomic E-state index is 12.2. The molecule has 0 amide bonds. The summed E-state index contributed by atoms with van der Waals surface area (Å²) >= 11 is 5.78. The summed E-state index contributed by atoms with van der Waals surface area (Å²) in [4.78, 5) is 3.83. The van der Waals surface area contributed by atoms with Gasteiger partial charge in [0.1, 0.15) is 10.7 Å². The van der Waals surface area contributed by atoms with Gasteiger partial charge in [-0.05, 0) is 18.4 Å². The third-order valence-corrected chi connectivity index (χ3v) is 4.70. The van der Waals surface area contributed by atoms with Crippen LogP contribution in [0.25, 0.3) is 0 Å². The van der Waals surface area contributed by atoms with Gasteiger partial charge >= 0.3 is 0 Å². The van der Waals surface area contributed by atoms with Crippen LogP contribution in [0.15, 0.2) is 17.2 Å². The Labute approximate surface area is 113 Å². The fourth-order valence-corrected chi connectivity index (χ4v) is 2.70. The van der Waals surface area contributed by atoms with Crippen molar-refractivity contribution in [3.05, 3.63) is 17.3 Å². The standard InChI is InChI=1S/C11H18ClN3O2S/c1-8(2)4-5-15(3)18(16,17)9-6-10(12)11(13)14-7-9/h6-8H,4-5H2,1-3H3,(H2,13,14). The number of anilines is 1. The van der Waals surface area contributed by atoms with Crippen molar-refractivity contribution in [2.45, 2.75) is 25.2 Å². The van der Waals surface area contributed by atoms with Gasteiger partial charge < -0.3 is 5.73 Å². The molecule has 1 rings (SSSR count). The Kier molecular flexibility index (Phi) is 4.95. The lowest BCUT2D eigenvalue weighted by atomic mass is 10.1. The van der Waals surface area contributed by atoms with Gasteiger partial charge in [-0.25, -0.2) is 17.7 Å². The van der Waals surface area contributed by atoms with Crippen LogP contribution in [0.5, 0.6) is 0 Å². The molecule has 5 nitrogen and oxygen atoms in total. The number of nitrogens with two attached hydrogens (primary N) is 1. The molecule has 1 heterocycles. The number of nitrogen functional groups attached to an aromatic ring is 1. The van der Waals surface area contributed by atoms with Gasteiger partial charge in [0.2, 0.25) is 10.0 Å². The van der Waals surface area contributed by atoms with Gasteiger partial charge in [-0.3, -0.25) is 0 Å². The Bertz CT molecular complexity index is 517. The second kappa shape index (κ2) is 5.86. The zero-order valence-corrected chi connectivity index (χ0v) is 12.3. The second-order valence-corrected chi connectivity index (χ2v) is 7.00. The highest BCUT2D eigenvalue weighted by molar-refractivity contribution is 7.89. The quantitative estimate of drug-likeness (QED) is 0.900. The molecule has 0 spiro atoms. The molecular formula is C11H18ClN3O2S. The van der Waals surface area contributed by atoms with E-state index in [1.807, 2.05) is 13.8 Å². The third kappa shape index (κ3) is 3.57. The first-order chi connectivity index (χ1) is 8.25. The van der Waals surface area contributed by atoms with Crippen LogP contribution in [0.3, 0.4) is 0 Å². The van der Waals surface area contributed by atoms with Crippen molar-refractivity contribution < 1.29 is 8.42 Å². The summed E-state index contributed by atoms with van der Waals surface area (Å²) in [7, 11) is -2.00. The van der Waals surface area contributed by atoms with Crippen LogP contribution in [0.1, 0.15) is 20.3 Å². The number of sulfonamides is 1.